The first-order valence-corrected chi connectivity index (χ1v) is 11.8. The maximum Gasteiger partial charge on any atom is 0.423 e. The molecule has 1 saturated heterocycles. The smallest absolute Gasteiger partial charge is 0.423 e. The van der Waals surface area contributed by atoms with Crippen molar-refractivity contribution in [3.05, 3.63) is 53.5 Å². The fraction of sp³-hybridized carbons (Fsp3) is 0.440. The van der Waals surface area contributed by atoms with Gasteiger partial charge in [-0.3, -0.25) is 9.48 Å². The van der Waals surface area contributed by atoms with Crippen LogP contribution in [0.3, 0.4) is 0 Å². The molecule has 0 radical (unpaired) electrons. The lowest BCUT2D eigenvalue weighted by Gasteiger charge is -2.43. The molecule has 3 heterocycles. The average molecular weight is 539 g/mol. The molecule has 1 fully saturated rings. The largest absolute Gasteiger partial charge is 0.480 e. The number of ether oxygens (including phenoxy) is 1. The number of nitrogens with zero attached hydrogens (tertiary/aromatic N) is 5. The molecule has 0 aliphatic carbocycles. The summed E-state index contributed by atoms with van der Waals surface area (Å²) in [5.74, 6) is -5.33. The quantitative estimate of drug-likeness (QED) is 0.454. The zero-order valence-corrected chi connectivity index (χ0v) is 21.2. The van der Waals surface area contributed by atoms with Gasteiger partial charge in [0.1, 0.15) is 5.56 Å². The Labute approximate surface area is 215 Å². The standard InChI is InChI=1S/C25H27F5N6O2/c1-14-5-7-16(8-6-14)17-12-35(3)34-20(17)22(37)36-13-24(26,27)9-15(2)19(36)11-32-23-31-10-18(25(28,29)30)21(33-23)38-4/h5-8,10,12,15,19H,9,11,13H2,1-4H3,(H,31,32,33)/t15-,19-/m1/s1. The van der Waals surface area contributed by atoms with Crippen molar-refractivity contribution in [3.63, 3.8) is 0 Å². The number of amides is 1. The van der Waals surface area contributed by atoms with Crippen LogP contribution < -0.4 is 10.1 Å². The molecule has 8 nitrogen and oxygen atoms in total. The van der Waals surface area contributed by atoms with Crippen LogP contribution >= 0.6 is 0 Å². The van der Waals surface area contributed by atoms with E-state index in [0.717, 1.165) is 17.6 Å². The van der Waals surface area contributed by atoms with Crippen LogP contribution in [-0.4, -0.2) is 62.7 Å². The van der Waals surface area contributed by atoms with Gasteiger partial charge in [0.25, 0.3) is 11.8 Å². The van der Waals surface area contributed by atoms with E-state index in [-0.39, 0.29) is 18.2 Å². The number of carbonyl (C=O) groups excluding carboxylic acids is 1. The summed E-state index contributed by atoms with van der Waals surface area (Å²) in [7, 11) is 2.68. The molecule has 1 N–H and O–H groups in total. The van der Waals surface area contributed by atoms with Gasteiger partial charge >= 0.3 is 6.18 Å². The van der Waals surface area contributed by atoms with Gasteiger partial charge in [-0.1, -0.05) is 36.8 Å². The topological polar surface area (TPSA) is 85.2 Å². The van der Waals surface area contributed by atoms with Crippen LogP contribution in [0, 0.1) is 12.8 Å². The molecular weight excluding hydrogens is 511 g/mol. The van der Waals surface area contributed by atoms with Gasteiger partial charge < -0.3 is 15.0 Å². The second-order valence-electron chi connectivity index (χ2n) is 9.46. The van der Waals surface area contributed by atoms with Crippen LogP contribution in [0.5, 0.6) is 5.88 Å². The number of aryl methyl sites for hydroxylation is 2. The summed E-state index contributed by atoms with van der Waals surface area (Å²) in [6.45, 7) is 2.60. The number of benzene rings is 1. The number of anilines is 1. The minimum atomic E-state index is -4.71. The third kappa shape index (κ3) is 5.70. The molecular formula is C25H27F5N6O2. The number of likely N-dealkylation sites (tertiary alicyclic amines) is 1. The molecule has 0 spiro atoms. The van der Waals surface area contributed by atoms with E-state index < -0.39 is 54.4 Å². The van der Waals surface area contributed by atoms with E-state index in [0.29, 0.717) is 17.3 Å². The number of methoxy groups -OCH3 is 1. The summed E-state index contributed by atoms with van der Waals surface area (Å²) in [4.78, 5) is 22.2. The fourth-order valence-corrected chi connectivity index (χ4v) is 4.60. The highest BCUT2D eigenvalue weighted by molar-refractivity contribution is 5.99. The lowest BCUT2D eigenvalue weighted by Crippen LogP contribution is -2.57. The van der Waals surface area contributed by atoms with Crippen molar-refractivity contribution in [2.45, 2.75) is 38.4 Å². The van der Waals surface area contributed by atoms with Crippen molar-refractivity contribution >= 4 is 11.9 Å². The van der Waals surface area contributed by atoms with Gasteiger partial charge in [-0.05, 0) is 18.4 Å². The first-order chi connectivity index (χ1) is 17.8. The summed E-state index contributed by atoms with van der Waals surface area (Å²) in [5.41, 5.74) is 1.11. The predicted molar refractivity (Wildman–Crippen MR) is 129 cm³/mol. The first kappa shape index (κ1) is 27.3. The number of carbonyl (C=O) groups is 1. The Morgan fingerprint density at radius 2 is 1.92 bits per heavy atom. The van der Waals surface area contributed by atoms with Crippen LogP contribution in [0.25, 0.3) is 11.1 Å². The summed E-state index contributed by atoms with van der Waals surface area (Å²) in [6.07, 6.45) is -2.95. The number of hydrogen-bond donors (Lipinski definition) is 1. The fourth-order valence-electron chi connectivity index (χ4n) is 4.60. The van der Waals surface area contributed by atoms with Crippen molar-refractivity contribution in [1.82, 2.24) is 24.6 Å². The Bertz CT molecular complexity index is 1310. The van der Waals surface area contributed by atoms with Crippen LogP contribution in [0.15, 0.2) is 36.7 Å². The molecule has 2 aromatic heterocycles. The first-order valence-electron chi connectivity index (χ1n) is 11.8. The number of nitrogens with one attached hydrogen (secondary N) is 1. The predicted octanol–water partition coefficient (Wildman–Crippen LogP) is 4.81. The van der Waals surface area contributed by atoms with E-state index in [1.54, 1.807) is 20.2 Å². The zero-order valence-electron chi connectivity index (χ0n) is 21.2. The highest BCUT2D eigenvalue weighted by Crippen LogP contribution is 2.37. The van der Waals surface area contributed by atoms with Crippen molar-refractivity contribution in [2.75, 3.05) is 25.5 Å². The van der Waals surface area contributed by atoms with Crippen molar-refractivity contribution < 1.29 is 31.5 Å². The lowest BCUT2D eigenvalue weighted by molar-refractivity contribution is -0.139. The number of piperidine rings is 1. The molecule has 2 atom stereocenters. The molecule has 0 bridgehead atoms. The van der Waals surface area contributed by atoms with Gasteiger partial charge in [-0.15, -0.1) is 0 Å². The van der Waals surface area contributed by atoms with Crippen LogP contribution in [0.4, 0.5) is 27.9 Å². The second-order valence-corrected chi connectivity index (χ2v) is 9.46. The molecule has 4 rings (SSSR count). The van der Waals surface area contributed by atoms with Crippen LogP contribution in [-0.2, 0) is 13.2 Å². The molecule has 1 aliphatic heterocycles. The summed E-state index contributed by atoms with van der Waals surface area (Å²) in [5, 5.41) is 7.06. The van der Waals surface area contributed by atoms with Crippen molar-refractivity contribution in [1.29, 1.82) is 0 Å². The molecule has 13 heteroatoms. The minimum absolute atomic E-state index is 0.0266. The Balaban J connectivity index is 1.63. The highest BCUT2D eigenvalue weighted by Gasteiger charge is 2.47. The van der Waals surface area contributed by atoms with Crippen LogP contribution in [0.2, 0.25) is 0 Å². The monoisotopic (exact) mass is 538 g/mol. The van der Waals surface area contributed by atoms with Gasteiger partial charge in [0.2, 0.25) is 11.8 Å². The maximum absolute atomic E-state index is 14.7. The third-order valence-electron chi connectivity index (χ3n) is 6.46. The third-order valence-corrected chi connectivity index (χ3v) is 6.46. The van der Waals surface area contributed by atoms with Gasteiger partial charge in [0.15, 0.2) is 5.69 Å². The van der Waals surface area contributed by atoms with E-state index in [9.17, 15) is 26.7 Å². The number of rotatable bonds is 6. The Hall–Kier alpha value is -3.77. The molecule has 1 aliphatic rings. The van der Waals surface area contributed by atoms with E-state index in [4.69, 9.17) is 4.74 Å². The second kappa shape index (κ2) is 10.2. The molecule has 38 heavy (non-hydrogen) atoms. The van der Waals surface area contributed by atoms with Crippen LogP contribution in [0.1, 0.15) is 35.0 Å². The normalized spacial score (nSPS) is 19.3. The number of alkyl halides is 5. The van der Waals surface area contributed by atoms with Gasteiger partial charge in [0, 0.05) is 38.0 Å². The minimum Gasteiger partial charge on any atom is -0.480 e. The molecule has 3 aromatic rings. The Morgan fingerprint density at radius 3 is 2.55 bits per heavy atom. The molecule has 0 unspecified atom stereocenters. The van der Waals surface area contributed by atoms with E-state index in [1.165, 1.54) is 4.68 Å². The SMILES string of the molecule is COc1nc(NC[C@@H]2[C@H](C)CC(F)(F)CN2C(=O)c2nn(C)cc2-c2ccc(C)cc2)ncc1C(F)(F)F. The molecule has 1 aromatic carbocycles. The van der Waals surface area contributed by atoms with E-state index in [2.05, 4.69) is 20.4 Å². The van der Waals surface area contributed by atoms with Gasteiger partial charge in [-0.2, -0.15) is 23.3 Å². The molecule has 204 valence electrons. The number of aromatic nitrogens is 4. The van der Waals surface area contributed by atoms with E-state index in [1.807, 2.05) is 31.2 Å². The number of halogens is 5. The maximum atomic E-state index is 14.7. The summed E-state index contributed by atoms with van der Waals surface area (Å²) in [6, 6.07) is 6.65. The summed E-state index contributed by atoms with van der Waals surface area (Å²) < 4.78 is 74.9. The highest BCUT2D eigenvalue weighted by atomic mass is 19.4. The Morgan fingerprint density at radius 1 is 1.24 bits per heavy atom. The zero-order chi connectivity index (χ0) is 27.8. The average Bonchev–Trinajstić information content (AvgIpc) is 3.23. The lowest BCUT2D eigenvalue weighted by atomic mass is 9.88. The van der Waals surface area contributed by atoms with Gasteiger partial charge in [0.05, 0.1) is 19.7 Å². The van der Waals surface area contributed by atoms with Gasteiger partial charge in [-0.25, -0.2) is 13.8 Å². The van der Waals surface area contributed by atoms with Crippen molar-refractivity contribution in [2.24, 2.45) is 13.0 Å². The van der Waals surface area contributed by atoms with Crippen molar-refractivity contribution in [3.8, 4) is 17.0 Å². The number of hydrogen-bond acceptors (Lipinski definition) is 6. The molecule has 0 saturated carbocycles. The summed E-state index contributed by atoms with van der Waals surface area (Å²) >= 11 is 0. The molecule has 1 amide bonds. The Kier molecular flexibility index (Phi) is 7.31. The van der Waals surface area contributed by atoms with E-state index >= 15 is 0 Å².